The molecule has 0 atom stereocenters. The maximum Gasteiger partial charge on any atom is 0.409 e. The summed E-state index contributed by atoms with van der Waals surface area (Å²) in [6.45, 7) is 8.11. The Kier molecular flexibility index (Phi) is 6.20. The highest BCUT2D eigenvalue weighted by molar-refractivity contribution is 7.11. The van der Waals surface area contributed by atoms with E-state index in [4.69, 9.17) is 10.5 Å². The molecule has 1 aliphatic rings. The van der Waals surface area contributed by atoms with Crippen LogP contribution in [0.3, 0.4) is 0 Å². The van der Waals surface area contributed by atoms with Crippen molar-refractivity contribution >= 4 is 23.4 Å². The molecule has 8 heteroatoms. The number of carbonyl (C=O) groups is 1. The summed E-state index contributed by atoms with van der Waals surface area (Å²) in [5, 5.41) is 4.28. The SMILES string of the molecule is CCOC(=O)N1CCC(NC(N)=NCc2nc(C)sc2C)CC1. The number of amides is 1. The zero-order valence-corrected chi connectivity index (χ0v) is 14.8. The molecular formula is C15H25N5O2S. The number of aryl methyl sites for hydroxylation is 2. The molecule has 0 saturated carbocycles. The zero-order chi connectivity index (χ0) is 16.8. The van der Waals surface area contributed by atoms with E-state index in [-0.39, 0.29) is 12.1 Å². The lowest BCUT2D eigenvalue weighted by Gasteiger charge is -2.31. The number of aromatic nitrogens is 1. The summed E-state index contributed by atoms with van der Waals surface area (Å²) < 4.78 is 5.01. The van der Waals surface area contributed by atoms with Crippen molar-refractivity contribution in [3.63, 3.8) is 0 Å². The zero-order valence-electron chi connectivity index (χ0n) is 14.0. The standard InChI is InChI=1S/C15H25N5O2S/c1-4-22-15(21)20-7-5-12(6-8-20)19-14(16)17-9-13-10(2)23-11(3)18-13/h12H,4-9H2,1-3H3,(H3,16,17,19). The number of thiazole rings is 1. The van der Waals surface area contributed by atoms with Gasteiger partial charge in [-0.2, -0.15) is 0 Å². The molecule has 1 aliphatic heterocycles. The highest BCUT2D eigenvalue weighted by atomic mass is 32.1. The van der Waals surface area contributed by atoms with Crippen molar-refractivity contribution in [1.82, 2.24) is 15.2 Å². The third kappa shape index (κ3) is 5.09. The summed E-state index contributed by atoms with van der Waals surface area (Å²) in [5.74, 6) is 0.435. The fraction of sp³-hybridized carbons (Fsp3) is 0.667. The Balaban J connectivity index is 1.78. The maximum atomic E-state index is 11.6. The molecule has 128 valence electrons. The first-order valence-corrected chi connectivity index (χ1v) is 8.72. The van der Waals surface area contributed by atoms with Crippen molar-refractivity contribution in [3.05, 3.63) is 15.6 Å². The third-order valence-corrected chi connectivity index (χ3v) is 4.70. The van der Waals surface area contributed by atoms with Crippen LogP contribution < -0.4 is 11.1 Å². The number of likely N-dealkylation sites (tertiary alicyclic amines) is 1. The molecule has 0 aromatic carbocycles. The fourth-order valence-electron chi connectivity index (χ4n) is 2.55. The van der Waals surface area contributed by atoms with Crippen LogP contribution >= 0.6 is 11.3 Å². The number of aliphatic imine (C=N–C) groups is 1. The number of guanidine groups is 1. The average Bonchev–Trinajstić information content (AvgIpc) is 2.84. The predicted octanol–water partition coefficient (Wildman–Crippen LogP) is 1.79. The van der Waals surface area contributed by atoms with Crippen LogP contribution in [0.4, 0.5) is 4.79 Å². The highest BCUT2D eigenvalue weighted by Crippen LogP contribution is 2.17. The molecule has 0 unspecified atom stereocenters. The Morgan fingerprint density at radius 2 is 2.17 bits per heavy atom. The number of hydrogen-bond acceptors (Lipinski definition) is 5. The van der Waals surface area contributed by atoms with Crippen molar-refractivity contribution < 1.29 is 9.53 Å². The first-order valence-electron chi connectivity index (χ1n) is 7.90. The van der Waals surface area contributed by atoms with E-state index in [9.17, 15) is 4.79 Å². The quantitative estimate of drug-likeness (QED) is 0.644. The van der Waals surface area contributed by atoms with Gasteiger partial charge in [-0.1, -0.05) is 0 Å². The van der Waals surface area contributed by atoms with Gasteiger partial charge in [-0.25, -0.2) is 14.8 Å². The molecule has 2 heterocycles. The van der Waals surface area contributed by atoms with Crippen LogP contribution in [-0.2, 0) is 11.3 Å². The lowest BCUT2D eigenvalue weighted by Crippen LogP contribution is -2.48. The third-order valence-electron chi connectivity index (χ3n) is 3.77. The van der Waals surface area contributed by atoms with Crippen molar-refractivity contribution in [2.75, 3.05) is 19.7 Å². The highest BCUT2D eigenvalue weighted by Gasteiger charge is 2.23. The van der Waals surface area contributed by atoms with E-state index >= 15 is 0 Å². The second-order valence-corrected chi connectivity index (χ2v) is 6.95. The van der Waals surface area contributed by atoms with Crippen molar-refractivity contribution in [1.29, 1.82) is 0 Å². The molecule has 0 radical (unpaired) electrons. The number of nitrogens with two attached hydrogens (primary N) is 1. The van der Waals surface area contributed by atoms with E-state index in [1.807, 2.05) is 20.8 Å². The van der Waals surface area contributed by atoms with Gasteiger partial charge in [0.25, 0.3) is 0 Å². The summed E-state index contributed by atoms with van der Waals surface area (Å²) in [6.07, 6.45) is 1.44. The molecule has 1 amide bonds. The minimum absolute atomic E-state index is 0.234. The minimum atomic E-state index is -0.234. The van der Waals surface area contributed by atoms with E-state index in [1.165, 1.54) is 4.88 Å². The molecule has 0 aliphatic carbocycles. The number of nitrogens with one attached hydrogen (secondary N) is 1. The second-order valence-electron chi connectivity index (χ2n) is 5.54. The molecule has 0 spiro atoms. The molecule has 0 bridgehead atoms. The Morgan fingerprint density at radius 1 is 1.48 bits per heavy atom. The molecule has 23 heavy (non-hydrogen) atoms. The van der Waals surface area contributed by atoms with Crippen molar-refractivity contribution in [3.8, 4) is 0 Å². The van der Waals surface area contributed by atoms with E-state index in [0.29, 0.717) is 32.2 Å². The lowest BCUT2D eigenvalue weighted by atomic mass is 10.1. The smallest absolute Gasteiger partial charge is 0.409 e. The van der Waals surface area contributed by atoms with E-state index in [1.54, 1.807) is 16.2 Å². The lowest BCUT2D eigenvalue weighted by molar-refractivity contribution is 0.0963. The van der Waals surface area contributed by atoms with E-state index < -0.39 is 0 Å². The number of hydrogen-bond donors (Lipinski definition) is 2. The molecule has 3 N–H and O–H groups in total. The normalized spacial score (nSPS) is 16.5. The van der Waals surface area contributed by atoms with Gasteiger partial charge in [0.1, 0.15) is 0 Å². The summed E-state index contributed by atoms with van der Waals surface area (Å²) in [4.78, 5) is 23.4. The van der Waals surface area contributed by atoms with Gasteiger partial charge in [0.15, 0.2) is 5.96 Å². The van der Waals surface area contributed by atoms with E-state index in [0.717, 1.165) is 23.5 Å². The van der Waals surface area contributed by atoms with Gasteiger partial charge >= 0.3 is 6.09 Å². The summed E-state index contributed by atoms with van der Waals surface area (Å²) in [6, 6.07) is 0.239. The molecule has 1 aromatic rings. The number of rotatable bonds is 4. The summed E-state index contributed by atoms with van der Waals surface area (Å²) in [7, 11) is 0. The Labute approximate surface area is 140 Å². The summed E-state index contributed by atoms with van der Waals surface area (Å²) >= 11 is 1.67. The van der Waals surface area contributed by atoms with Crippen LogP contribution in [0.25, 0.3) is 0 Å². The molecule has 1 fully saturated rings. The molecule has 2 rings (SSSR count). The monoisotopic (exact) mass is 339 g/mol. The summed E-state index contributed by atoms with van der Waals surface area (Å²) in [5.41, 5.74) is 6.94. The number of nitrogens with zero attached hydrogens (tertiary/aromatic N) is 3. The Morgan fingerprint density at radius 3 is 2.74 bits per heavy atom. The Bertz CT molecular complexity index is 564. The van der Waals surface area contributed by atoms with Gasteiger partial charge in [-0.3, -0.25) is 0 Å². The van der Waals surface area contributed by atoms with E-state index in [2.05, 4.69) is 15.3 Å². The van der Waals surface area contributed by atoms with Crippen LogP contribution in [0.2, 0.25) is 0 Å². The Hall–Kier alpha value is -1.83. The second kappa shape index (κ2) is 8.14. The van der Waals surface area contributed by atoms with Crippen molar-refractivity contribution in [2.45, 2.75) is 46.2 Å². The molecule has 1 saturated heterocycles. The van der Waals surface area contributed by atoms with Crippen LogP contribution in [0.15, 0.2) is 4.99 Å². The van der Waals surface area contributed by atoms with Crippen LogP contribution in [-0.4, -0.2) is 47.7 Å². The fourth-order valence-corrected chi connectivity index (χ4v) is 3.38. The number of piperidine rings is 1. The van der Waals surface area contributed by atoms with Gasteiger partial charge < -0.3 is 20.7 Å². The van der Waals surface area contributed by atoms with Crippen LogP contribution in [0.5, 0.6) is 0 Å². The number of carbonyl (C=O) groups excluding carboxylic acids is 1. The molecule has 1 aromatic heterocycles. The van der Waals surface area contributed by atoms with Crippen molar-refractivity contribution in [2.24, 2.45) is 10.7 Å². The van der Waals surface area contributed by atoms with Gasteiger partial charge in [0.05, 0.1) is 23.9 Å². The largest absolute Gasteiger partial charge is 0.450 e. The van der Waals surface area contributed by atoms with Crippen LogP contribution in [0, 0.1) is 13.8 Å². The van der Waals surface area contributed by atoms with Gasteiger partial charge in [0.2, 0.25) is 0 Å². The maximum absolute atomic E-state index is 11.6. The topological polar surface area (TPSA) is 92.8 Å². The predicted molar refractivity (Wildman–Crippen MR) is 91.7 cm³/mol. The van der Waals surface area contributed by atoms with Gasteiger partial charge in [0, 0.05) is 24.0 Å². The number of ether oxygens (including phenoxy) is 1. The first-order chi connectivity index (χ1) is 11.0. The average molecular weight is 339 g/mol. The first kappa shape index (κ1) is 17.5. The molecule has 7 nitrogen and oxygen atoms in total. The van der Waals surface area contributed by atoms with Gasteiger partial charge in [-0.15, -0.1) is 11.3 Å². The molecular weight excluding hydrogens is 314 g/mol. The minimum Gasteiger partial charge on any atom is -0.450 e. The van der Waals surface area contributed by atoms with Gasteiger partial charge in [-0.05, 0) is 33.6 Å². The van der Waals surface area contributed by atoms with Crippen LogP contribution in [0.1, 0.15) is 35.3 Å².